The molecule has 0 unspecified atom stereocenters. The van der Waals surface area contributed by atoms with E-state index in [-0.39, 0.29) is 10.8 Å². The first-order valence-corrected chi connectivity index (χ1v) is 10.6. The van der Waals surface area contributed by atoms with E-state index in [1.807, 2.05) is 0 Å². The molecule has 1 fully saturated rings. The summed E-state index contributed by atoms with van der Waals surface area (Å²) in [5.41, 5.74) is 8.74. The molecule has 4 aromatic rings. The van der Waals surface area contributed by atoms with Crippen molar-refractivity contribution in [3.63, 3.8) is 0 Å². The highest BCUT2D eigenvalue weighted by atomic mass is 15.0. The summed E-state index contributed by atoms with van der Waals surface area (Å²) in [5, 5.41) is 2.52. The van der Waals surface area contributed by atoms with E-state index in [9.17, 15) is 0 Å². The number of imidazole rings is 1. The fourth-order valence-electron chi connectivity index (χ4n) is 5.77. The van der Waals surface area contributed by atoms with Gasteiger partial charge in [0.2, 0.25) is 0 Å². The Balaban J connectivity index is 1.81. The highest BCUT2D eigenvalue weighted by Gasteiger charge is 2.55. The van der Waals surface area contributed by atoms with Gasteiger partial charge in [0.15, 0.2) is 0 Å². The number of aromatic nitrogens is 2. The first-order chi connectivity index (χ1) is 13.2. The average Bonchev–Trinajstić information content (AvgIpc) is 3.23. The van der Waals surface area contributed by atoms with Crippen LogP contribution in [-0.2, 0) is 16.2 Å². The lowest BCUT2D eigenvalue weighted by atomic mass is 9.85. The Morgan fingerprint density at radius 1 is 0.964 bits per heavy atom. The van der Waals surface area contributed by atoms with E-state index < -0.39 is 0 Å². The van der Waals surface area contributed by atoms with Crippen LogP contribution in [0.15, 0.2) is 42.5 Å². The lowest BCUT2D eigenvalue weighted by Gasteiger charge is -2.22. The monoisotopic (exact) mass is 368 g/mol. The van der Waals surface area contributed by atoms with Gasteiger partial charge >= 0.3 is 0 Å². The molecule has 28 heavy (non-hydrogen) atoms. The van der Waals surface area contributed by atoms with Gasteiger partial charge in [0.05, 0.1) is 11.0 Å². The molecule has 1 spiro atoms. The molecule has 0 N–H and O–H groups in total. The highest BCUT2D eigenvalue weighted by molar-refractivity contribution is 5.99. The van der Waals surface area contributed by atoms with Crippen LogP contribution < -0.4 is 0 Å². The summed E-state index contributed by atoms with van der Waals surface area (Å²) in [4.78, 5) is 5.19. The fourth-order valence-corrected chi connectivity index (χ4v) is 5.77. The second kappa shape index (κ2) is 4.79. The van der Waals surface area contributed by atoms with Crippen LogP contribution in [0.4, 0.5) is 0 Å². The van der Waals surface area contributed by atoms with Gasteiger partial charge in [0.25, 0.3) is 0 Å². The van der Waals surface area contributed by atoms with E-state index in [1.165, 1.54) is 46.8 Å². The molecule has 2 aromatic carbocycles. The van der Waals surface area contributed by atoms with Crippen molar-refractivity contribution in [1.29, 1.82) is 0 Å². The minimum Gasteiger partial charge on any atom is -0.296 e. The number of pyridine rings is 1. The number of hydrogen-bond acceptors (Lipinski definition) is 1. The topological polar surface area (TPSA) is 17.3 Å². The van der Waals surface area contributed by atoms with Crippen molar-refractivity contribution in [3.8, 4) is 0 Å². The zero-order chi connectivity index (χ0) is 19.5. The van der Waals surface area contributed by atoms with Gasteiger partial charge in [-0.15, -0.1) is 0 Å². The summed E-state index contributed by atoms with van der Waals surface area (Å²) in [6, 6.07) is 16.0. The van der Waals surface area contributed by atoms with Gasteiger partial charge in [-0.3, -0.25) is 4.40 Å². The Bertz CT molecular complexity index is 1290. The largest absolute Gasteiger partial charge is 0.296 e. The third kappa shape index (κ3) is 2.01. The van der Waals surface area contributed by atoms with E-state index in [0.717, 1.165) is 11.2 Å². The maximum atomic E-state index is 5.19. The van der Waals surface area contributed by atoms with Gasteiger partial charge in [0, 0.05) is 16.5 Å². The summed E-state index contributed by atoms with van der Waals surface area (Å²) >= 11 is 0. The minimum atomic E-state index is 0.0471. The maximum Gasteiger partial charge on any atom is 0.146 e. The Morgan fingerprint density at radius 2 is 1.71 bits per heavy atom. The quantitative estimate of drug-likeness (QED) is 0.339. The number of nitrogens with zero attached hydrogens (tertiary/aromatic N) is 2. The van der Waals surface area contributed by atoms with Gasteiger partial charge in [0.1, 0.15) is 5.65 Å². The van der Waals surface area contributed by atoms with Crippen LogP contribution in [0.25, 0.3) is 27.5 Å². The van der Waals surface area contributed by atoms with Crippen LogP contribution in [0.1, 0.15) is 70.7 Å². The van der Waals surface area contributed by atoms with E-state index >= 15 is 0 Å². The summed E-state index contributed by atoms with van der Waals surface area (Å²) < 4.78 is 2.44. The molecule has 2 nitrogen and oxygen atoms in total. The van der Waals surface area contributed by atoms with Gasteiger partial charge < -0.3 is 0 Å². The van der Waals surface area contributed by atoms with Gasteiger partial charge in [-0.05, 0) is 64.8 Å². The first kappa shape index (κ1) is 16.6. The van der Waals surface area contributed by atoms with Crippen molar-refractivity contribution >= 4 is 27.5 Å². The Hall–Kier alpha value is -2.35. The molecule has 2 aliphatic rings. The molecule has 0 aliphatic heterocycles. The predicted octanol–water partition coefficient (Wildman–Crippen LogP) is 6.65. The zero-order valence-corrected chi connectivity index (χ0v) is 17.6. The summed E-state index contributed by atoms with van der Waals surface area (Å²) in [6.45, 7) is 11.7. The molecule has 0 radical (unpaired) electrons. The van der Waals surface area contributed by atoms with Crippen molar-refractivity contribution in [1.82, 2.24) is 9.38 Å². The van der Waals surface area contributed by atoms with E-state index in [0.29, 0.717) is 5.41 Å². The molecule has 0 amide bonds. The fraction of sp³-hybridized carbons (Fsp3) is 0.423. The predicted molar refractivity (Wildman–Crippen MR) is 117 cm³/mol. The molecule has 2 heterocycles. The molecule has 0 bridgehead atoms. The number of rotatable bonds is 0. The lowest BCUT2D eigenvalue weighted by Crippen LogP contribution is -2.16. The van der Waals surface area contributed by atoms with Crippen LogP contribution in [0.5, 0.6) is 0 Å². The molecule has 142 valence electrons. The van der Waals surface area contributed by atoms with Gasteiger partial charge in [-0.25, -0.2) is 4.98 Å². The zero-order valence-electron chi connectivity index (χ0n) is 17.6. The minimum absolute atomic E-state index is 0.0471. The molecule has 0 atom stereocenters. The van der Waals surface area contributed by atoms with Crippen LogP contribution in [0.3, 0.4) is 0 Å². The van der Waals surface area contributed by atoms with Gasteiger partial charge in [-0.1, -0.05) is 58.9 Å². The van der Waals surface area contributed by atoms with Crippen molar-refractivity contribution in [3.05, 3.63) is 59.3 Å². The Kier molecular flexibility index (Phi) is 2.84. The van der Waals surface area contributed by atoms with Crippen LogP contribution in [-0.4, -0.2) is 9.38 Å². The molecule has 1 saturated carbocycles. The number of benzene rings is 2. The molecular weight excluding hydrogens is 340 g/mol. The van der Waals surface area contributed by atoms with Crippen LogP contribution in [0.2, 0.25) is 0 Å². The van der Waals surface area contributed by atoms with E-state index in [2.05, 4.69) is 81.5 Å². The molecule has 0 saturated heterocycles. The standard InChI is InChI=1S/C26H28N2/c1-24(2,3)22-12-16-8-6-7-9-17(16)23-27-20-13-18-19(14-21(20)28(22)23)26(10-11-26)15-25(18,4)5/h6-9,12-14H,10-11,15H2,1-5H3. The van der Waals surface area contributed by atoms with Crippen LogP contribution in [0, 0.1) is 0 Å². The molecule has 2 heteroatoms. The normalized spacial score (nSPS) is 19.8. The molecular formula is C26H28N2. The van der Waals surface area contributed by atoms with Crippen molar-refractivity contribution in [2.45, 2.75) is 70.1 Å². The number of fused-ring (bicyclic) bond motifs is 7. The summed E-state index contributed by atoms with van der Waals surface area (Å²) in [6.07, 6.45) is 3.99. The smallest absolute Gasteiger partial charge is 0.146 e. The SMILES string of the molecule is CC(C)(C)c1cc2ccccc2c2nc3cc4c(cc3n12)C1(CC1)CC4(C)C. The number of hydrogen-bond donors (Lipinski definition) is 0. The first-order valence-electron chi connectivity index (χ1n) is 10.6. The maximum absolute atomic E-state index is 5.19. The third-order valence-corrected chi connectivity index (χ3v) is 7.23. The van der Waals surface area contributed by atoms with E-state index in [1.54, 1.807) is 5.56 Å². The molecule has 2 aromatic heterocycles. The van der Waals surface area contributed by atoms with Crippen molar-refractivity contribution in [2.75, 3.05) is 0 Å². The highest BCUT2D eigenvalue weighted by Crippen LogP contribution is 2.63. The second-order valence-electron chi connectivity index (χ2n) is 10.9. The summed E-state index contributed by atoms with van der Waals surface area (Å²) in [5.74, 6) is 0. The summed E-state index contributed by atoms with van der Waals surface area (Å²) in [7, 11) is 0. The molecule has 2 aliphatic carbocycles. The van der Waals surface area contributed by atoms with Crippen LogP contribution >= 0.6 is 0 Å². The second-order valence-corrected chi connectivity index (χ2v) is 10.9. The van der Waals surface area contributed by atoms with E-state index in [4.69, 9.17) is 4.98 Å². The average molecular weight is 369 g/mol. The lowest BCUT2D eigenvalue weighted by molar-refractivity contribution is 0.466. The third-order valence-electron chi connectivity index (χ3n) is 7.23. The van der Waals surface area contributed by atoms with Gasteiger partial charge in [-0.2, -0.15) is 0 Å². The Morgan fingerprint density at radius 3 is 2.43 bits per heavy atom. The van der Waals surface area contributed by atoms with Crippen molar-refractivity contribution in [2.24, 2.45) is 0 Å². The van der Waals surface area contributed by atoms with Crippen molar-refractivity contribution < 1.29 is 0 Å². The molecule has 6 rings (SSSR count). The Labute approximate surface area is 166 Å².